The molecule has 0 aliphatic carbocycles. The molecule has 1 N–H and O–H groups in total. The average Bonchev–Trinajstić information content (AvgIpc) is 3.01. The molecule has 2 heterocycles. The molecular weight excluding hydrogens is 308 g/mol. The molecule has 6 heteroatoms. The number of benzene rings is 1. The molecule has 6 nitrogen and oxygen atoms in total. The third-order valence-corrected chi connectivity index (χ3v) is 3.81. The lowest BCUT2D eigenvalue weighted by molar-refractivity contribution is 0.0926. The van der Waals surface area contributed by atoms with Crippen molar-refractivity contribution in [1.29, 1.82) is 0 Å². The fraction of sp³-hybridized carbons (Fsp3) is 0.222. The maximum atomic E-state index is 12.2. The van der Waals surface area contributed by atoms with Crippen molar-refractivity contribution in [2.24, 2.45) is 0 Å². The van der Waals surface area contributed by atoms with Crippen molar-refractivity contribution in [2.75, 3.05) is 13.7 Å². The number of aryl methyl sites for hydroxylation is 1. The quantitative estimate of drug-likeness (QED) is 0.781. The number of carbonyl (C=O) groups excluding carboxylic acids is 1. The number of methoxy groups -OCH3 is 1. The van der Waals surface area contributed by atoms with E-state index < -0.39 is 0 Å². The van der Waals surface area contributed by atoms with E-state index in [4.69, 9.17) is 9.15 Å². The van der Waals surface area contributed by atoms with E-state index in [2.05, 4.69) is 5.32 Å². The molecular formula is C18H18N2O4. The first-order chi connectivity index (χ1) is 11.6. The minimum atomic E-state index is -0.301. The Morgan fingerprint density at radius 1 is 1.25 bits per heavy atom. The Morgan fingerprint density at radius 3 is 2.75 bits per heavy atom. The number of hydrogen-bond donors (Lipinski definition) is 1. The van der Waals surface area contributed by atoms with E-state index in [0.717, 1.165) is 11.1 Å². The van der Waals surface area contributed by atoms with Gasteiger partial charge >= 0.3 is 0 Å². The third kappa shape index (κ3) is 3.17. The zero-order valence-electron chi connectivity index (χ0n) is 13.5. The highest BCUT2D eigenvalue weighted by molar-refractivity contribution is 5.95. The highest BCUT2D eigenvalue weighted by Crippen LogP contribution is 2.18. The van der Waals surface area contributed by atoms with Crippen molar-refractivity contribution < 1.29 is 13.9 Å². The summed E-state index contributed by atoms with van der Waals surface area (Å²) in [5.74, 6) is 0.487. The van der Waals surface area contributed by atoms with E-state index in [9.17, 15) is 9.59 Å². The molecule has 124 valence electrons. The molecule has 3 aromatic rings. The molecule has 0 aliphatic heterocycles. The van der Waals surface area contributed by atoms with Gasteiger partial charge in [-0.3, -0.25) is 9.59 Å². The van der Waals surface area contributed by atoms with Gasteiger partial charge in [0.1, 0.15) is 11.3 Å². The summed E-state index contributed by atoms with van der Waals surface area (Å²) in [6.07, 6.45) is 0. The largest absolute Gasteiger partial charge is 0.496 e. The Hall–Kier alpha value is -3.02. The zero-order valence-corrected chi connectivity index (χ0v) is 13.5. The van der Waals surface area contributed by atoms with Crippen LogP contribution in [0.5, 0.6) is 5.75 Å². The maximum Gasteiger partial charge on any atom is 0.287 e. The molecule has 0 atom stereocenters. The molecule has 0 bridgehead atoms. The van der Waals surface area contributed by atoms with Gasteiger partial charge in [0.05, 0.1) is 7.11 Å². The standard InChI is InChI=1S/C18H18N2O4/c1-12-9-14(23-2)11-17(21)20(12)8-7-19-18(22)16-10-13-5-3-4-6-15(13)24-16/h3-6,9-11H,7-8H2,1-2H3,(H,19,22). The minimum Gasteiger partial charge on any atom is -0.496 e. The van der Waals surface area contributed by atoms with E-state index in [0.29, 0.717) is 24.4 Å². The molecule has 3 rings (SSSR count). The molecule has 0 spiro atoms. The Balaban J connectivity index is 1.66. The normalized spacial score (nSPS) is 10.8. The van der Waals surface area contributed by atoms with Crippen LogP contribution in [0.3, 0.4) is 0 Å². The van der Waals surface area contributed by atoms with Crippen LogP contribution in [0.1, 0.15) is 16.2 Å². The molecule has 0 radical (unpaired) electrons. The number of ether oxygens (including phenoxy) is 1. The summed E-state index contributed by atoms with van der Waals surface area (Å²) in [6.45, 7) is 2.52. The van der Waals surface area contributed by atoms with Crippen molar-refractivity contribution in [3.05, 3.63) is 64.3 Å². The Labute approximate surface area is 138 Å². The first-order valence-corrected chi connectivity index (χ1v) is 7.61. The van der Waals surface area contributed by atoms with Crippen molar-refractivity contribution in [2.45, 2.75) is 13.5 Å². The maximum absolute atomic E-state index is 12.2. The summed E-state index contributed by atoms with van der Waals surface area (Å²) in [6, 6.07) is 12.3. The zero-order chi connectivity index (χ0) is 17.1. The van der Waals surface area contributed by atoms with Gasteiger partial charge in [-0.25, -0.2) is 0 Å². The smallest absolute Gasteiger partial charge is 0.287 e. The van der Waals surface area contributed by atoms with E-state index in [1.165, 1.54) is 13.2 Å². The number of rotatable bonds is 5. The number of amides is 1. The first kappa shape index (κ1) is 15.9. The van der Waals surface area contributed by atoms with Crippen LogP contribution in [0.4, 0.5) is 0 Å². The van der Waals surface area contributed by atoms with E-state index in [1.54, 1.807) is 16.7 Å². The summed E-state index contributed by atoms with van der Waals surface area (Å²) in [5, 5.41) is 3.65. The number of nitrogens with zero attached hydrogens (tertiary/aromatic N) is 1. The second-order valence-corrected chi connectivity index (χ2v) is 5.43. The van der Waals surface area contributed by atoms with Crippen LogP contribution in [-0.2, 0) is 6.54 Å². The molecule has 0 aliphatic rings. The minimum absolute atomic E-state index is 0.162. The number of furan rings is 1. The summed E-state index contributed by atoms with van der Waals surface area (Å²) in [4.78, 5) is 24.2. The van der Waals surface area contributed by atoms with Gasteiger partial charge in [-0.15, -0.1) is 0 Å². The summed E-state index contributed by atoms with van der Waals surface area (Å²) in [5.41, 5.74) is 1.28. The molecule has 0 saturated carbocycles. The summed E-state index contributed by atoms with van der Waals surface area (Å²) >= 11 is 0. The van der Waals surface area contributed by atoms with Gasteiger partial charge in [-0.2, -0.15) is 0 Å². The number of pyridine rings is 1. The predicted octanol–water partition coefficient (Wildman–Crippen LogP) is 2.34. The Morgan fingerprint density at radius 2 is 2.04 bits per heavy atom. The van der Waals surface area contributed by atoms with Gasteiger partial charge in [0.25, 0.3) is 11.5 Å². The molecule has 1 aromatic carbocycles. The molecule has 1 amide bonds. The second kappa shape index (κ2) is 6.62. The monoisotopic (exact) mass is 326 g/mol. The third-order valence-electron chi connectivity index (χ3n) is 3.81. The summed E-state index contributed by atoms with van der Waals surface area (Å²) < 4.78 is 12.2. The van der Waals surface area contributed by atoms with Crippen LogP contribution >= 0.6 is 0 Å². The average molecular weight is 326 g/mol. The topological polar surface area (TPSA) is 73.5 Å². The van der Waals surface area contributed by atoms with Gasteiger partial charge in [-0.1, -0.05) is 18.2 Å². The molecule has 0 fully saturated rings. The second-order valence-electron chi connectivity index (χ2n) is 5.43. The first-order valence-electron chi connectivity index (χ1n) is 7.61. The van der Waals surface area contributed by atoms with E-state index >= 15 is 0 Å². The molecule has 0 unspecified atom stereocenters. The van der Waals surface area contributed by atoms with Crippen molar-refractivity contribution in [1.82, 2.24) is 9.88 Å². The van der Waals surface area contributed by atoms with Gasteiger partial charge in [0.2, 0.25) is 0 Å². The lowest BCUT2D eigenvalue weighted by Gasteiger charge is -2.11. The van der Waals surface area contributed by atoms with Crippen LogP contribution < -0.4 is 15.6 Å². The van der Waals surface area contributed by atoms with E-state index in [1.807, 2.05) is 31.2 Å². The van der Waals surface area contributed by atoms with Crippen molar-refractivity contribution in [3.8, 4) is 5.75 Å². The van der Waals surface area contributed by atoms with Gasteiger partial charge in [0, 0.05) is 30.2 Å². The van der Waals surface area contributed by atoms with E-state index in [-0.39, 0.29) is 17.2 Å². The fourth-order valence-corrected chi connectivity index (χ4v) is 2.57. The summed E-state index contributed by atoms with van der Waals surface area (Å²) in [7, 11) is 1.52. The lowest BCUT2D eigenvalue weighted by atomic mass is 10.2. The number of nitrogens with one attached hydrogen (secondary N) is 1. The Bertz CT molecular complexity index is 907. The fourth-order valence-electron chi connectivity index (χ4n) is 2.57. The highest BCUT2D eigenvalue weighted by atomic mass is 16.5. The van der Waals surface area contributed by atoms with Crippen LogP contribution in [0.15, 0.2) is 51.7 Å². The molecule has 24 heavy (non-hydrogen) atoms. The highest BCUT2D eigenvalue weighted by Gasteiger charge is 2.12. The number of hydrogen-bond acceptors (Lipinski definition) is 4. The van der Waals surface area contributed by atoms with Crippen LogP contribution in [0, 0.1) is 6.92 Å². The van der Waals surface area contributed by atoms with Crippen LogP contribution in [0.25, 0.3) is 11.0 Å². The molecule has 2 aromatic heterocycles. The van der Waals surface area contributed by atoms with Crippen molar-refractivity contribution in [3.63, 3.8) is 0 Å². The van der Waals surface area contributed by atoms with Gasteiger partial charge in [0.15, 0.2) is 5.76 Å². The lowest BCUT2D eigenvalue weighted by Crippen LogP contribution is -2.31. The van der Waals surface area contributed by atoms with Gasteiger partial charge in [-0.05, 0) is 25.1 Å². The number of aromatic nitrogens is 1. The van der Waals surface area contributed by atoms with Crippen molar-refractivity contribution >= 4 is 16.9 Å². The predicted molar refractivity (Wildman–Crippen MR) is 90.5 cm³/mol. The number of fused-ring (bicyclic) bond motifs is 1. The van der Waals surface area contributed by atoms with Crippen LogP contribution in [-0.4, -0.2) is 24.1 Å². The SMILES string of the molecule is COc1cc(C)n(CCNC(=O)c2cc3ccccc3o2)c(=O)c1. The van der Waals surface area contributed by atoms with Gasteiger partial charge < -0.3 is 19.0 Å². The Kier molecular flexibility index (Phi) is 4.37. The number of carbonyl (C=O) groups is 1. The number of para-hydroxylation sites is 1. The molecule has 0 saturated heterocycles. The van der Waals surface area contributed by atoms with Crippen LogP contribution in [0.2, 0.25) is 0 Å².